The zero-order chi connectivity index (χ0) is 35.8. The highest BCUT2D eigenvalue weighted by Gasteiger charge is 2.25. The molecule has 0 saturated carbocycles. The zero-order valence-electron chi connectivity index (χ0n) is 29.4. The third-order valence-electron chi connectivity index (χ3n) is 11.6. The normalized spacial score (nSPS) is 12.4. The summed E-state index contributed by atoms with van der Waals surface area (Å²) in [7, 11) is 0. The molecule has 5 heteroatoms. The van der Waals surface area contributed by atoms with Crippen LogP contribution < -0.4 is 0 Å². The highest BCUT2D eigenvalue weighted by atomic mass is 32.1. The molecule has 5 aromatic heterocycles. The Hall–Kier alpha value is -7.08. The van der Waals surface area contributed by atoms with Crippen LogP contribution in [0.4, 0.5) is 0 Å². The van der Waals surface area contributed by atoms with Crippen molar-refractivity contribution in [3.05, 3.63) is 170 Å². The molecule has 0 spiro atoms. The van der Waals surface area contributed by atoms with Crippen molar-refractivity contribution in [2.45, 2.75) is 0 Å². The average Bonchev–Trinajstić information content (AvgIpc) is 3.99. The minimum absolute atomic E-state index is 0.743. The van der Waals surface area contributed by atoms with Crippen molar-refractivity contribution >= 4 is 102 Å². The van der Waals surface area contributed by atoms with Crippen LogP contribution in [0.1, 0.15) is 0 Å². The van der Waals surface area contributed by atoms with Gasteiger partial charge in [-0.2, -0.15) is 0 Å². The van der Waals surface area contributed by atoms with Crippen molar-refractivity contribution < 1.29 is 0 Å². The Morgan fingerprint density at radius 3 is 1.98 bits per heavy atom. The fourth-order valence-corrected chi connectivity index (χ4v) is 10.5. The highest BCUT2D eigenvalue weighted by molar-refractivity contribution is 7.26. The summed E-state index contributed by atoms with van der Waals surface area (Å²) in [5, 5.41) is 11.5. The molecule has 0 amide bonds. The summed E-state index contributed by atoms with van der Waals surface area (Å²) < 4.78 is 7.29. The molecule has 0 radical (unpaired) electrons. The van der Waals surface area contributed by atoms with E-state index in [9.17, 15) is 0 Å². The largest absolute Gasteiger partial charge is 0.309 e. The van der Waals surface area contributed by atoms with E-state index >= 15 is 0 Å². The zero-order valence-corrected chi connectivity index (χ0v) is 30.2. The molecule has 0 N–H and O–H groups in total. The van der Waals surface area contributed by atoms with E-state index in [1.807, 2.05) is 18.2 Å². The number of hydrogen-bond donors (Lipinski definition) is 0. The third-order valence-corrected chi connectivity index (χ3v) is 12.8. The van der Waals surface area contributed by atoms with E-state index in [-0.39, 0.29) is 0 Å². The Bertz CT molecular complexity index is 3700. The minimum atomic E-state index is 0.743. The predicted molar refractivity (Wildman–Crippen MR) is 232 cm³/mol. The summed E-state index contributed by atoms with van der Waals surface area (Å²) in [6, 6.07) is 61.5. The van der Waals surface area contributed by atoms with Crippen LogP contribution in [-0.2, 0) is 0 Å². The first-order valence-electron chi connectivity index (χ1n) is 18.7. The summed E-state index contributed by atoms with van der Waals surface area (Å²) in [6.45, 7) is 0. The van der Waals surface area contributed by atoms with Crippen LogP contribution in [0.25, 0.3) is 119 Å². The molecule has 0 aliphatic heterocycles. The Balaban J connectivity index is 1.11. The quantitative estimate of drug-likeness (QED) is 0.182. The number of rotatable bonds is 3. The van der Waals surface area contributed by atoms with E-state index in [2.05, 4.69) is 161 Å². The standard InChI is InChI=1S/C50H28N4S/c1-2-13-31(14-3-1)50-51-46(49-47(52-50)36-18-8-11-21-42(36)55-49)30-22-25-32(26-23-30)53-39-20-10-7-17-35(39)44-41(53)28-37-34-16-6-9-19-38(34)54-40-27-24-29-12-4-5-15-33(29)43(40)45(44)48(37)54/h1-28H. The van der Waals surface area contributed by atoms with Gasteiger partial charge in [0.25, 0.3) is 0 Å². The maximum absolute atomic E-state index is 5.25. The molecule has 0 unspecified atom stereocenters. The van der Waals surface area contributed by atoms with Crippen molar-refractivity contribution in [1.29, 1.82) is 0 Å². The van der Waals surface area contributed by atoms with E-state index < -0.39 is 0 Å². The molecule has 4 nitrogen and oxygen atoms in total. The molecule has 0 aliphatic rings. The summed E-state index contributed by atoms with van der Waals surface area (Å²) >= 11 is 1.77. The smallest absolute Gasteiger partial charge is 0.160 e. The lowest BCUT2D eigenvalue weighted by atomic mass is 9.98. The molecule has 0 saturated heterocycles. The van der Waals surface area contributed by atoms with Gasteiger partial charge >= 0.3 is 0 Å². The van der Waals surface area contributed by atoms with Crippen molar-refractivity contribution in [3.63, 3.8) is 0 Å². The van der Waals surface area contributed by atoms with Crippen LogP contribution in [0.15, 0.2) is 170 Å². The van der Waals surface area contributed by atoms with Gasteiger partial charge in [0.05, 0.1) is 43.5 Å². The van der Waals surface area contributed by atoms with Gasteiger partial charge < -0.3 is 8.97 Å². The van der Waals surface area contributed by atoms with Gasteiger partial charge in [0.2, 0.25) is 0 Å². The Morgan fingerprint density at radius 1 is 0.436 bits per heavy atom. The predicted octanol–water partition coefficient (Wildman–Crippen LogP) is 13.6. The van der Waals surface area contributed by atoms with Crippen LogP contribution in [0.3, 0.4) is 0 Å². The second kappa shape index (κ2) is 10.8. The number of nitrogens with zero attached hydrogens (tertiary/aromatic N) is 4. The number of thiophene rings is 1. The molecule has 0 bridgehead atoms. The fourth-order valence-electron chi connectivity index (χ4n) is 9.32. The maximum Gasteiger partial charge on any atom is 0.160 e. The van der Waals surface area contributed by atoms with Crippen LogP contribution >= 0.6 is 11.3 Å². The van der Waals surface area contributed by atoms with Gasteiger partial charge in [-0.1, -0.05) is 127 Å². The van der Waals surface area contributed by atoms with Crippen molar-refractivity contribution in [3.8, 4) is 28.3 Å². The lowest BCUT2D eigenvalue weighted by Gasteiger charge is -2.11. The summed E-state index contributed by atoms with van der Waals surface area (Å²) in [4.78, 5) is 10.4. The van der Waals surface area contributed by atoms with Crippen molar-refractivity contribution in [2.24, 2.45) is 0 Å². The third kappa shape index (κ3) is 3.89. The minimum Gasteiger partial charge on any atom is -0.309 e. The Morgan fingerprint density at radius 2 is 1.13 bits per heavy atom. The van der Waals surface area contributed by atoms with Gasteiger partial charge in [0.15, 0.2) is 5.82 Å². The van der Waals surface area contributed by atoms with Gasteiger partial charge in [0.1, 0.15) is 0 Å². The SMILES string of the molecule is c1ccc(-c2nc(-c3ccc(-n4c5ccccc5c5c6c7c8ccccc8ccc7n7c8ccccc8c(cc54)c67)cc3)c3sc4ccccc4c3n2)cc1. The molecule has 0 fully saturated rings. The Labute approximate surface area is 318 Å². The molecular weight excluding hydrogens is 689 g/mol. The van der Waals surface area contributed by atoms with Crippen molar-refractivity contribution in [2.75, 3.05) is 0 Å². The maximum atomic E-state index is 5.25. The molecule has 0 atom stereocenters. The monoisotopic (exact) mass is 716 g/mol. The molecule has 254 valence electrons. The number of fused-ring (bicyclic) bond motifs is 15. The van der Waals surface area contributed by atoms with Crippen LogP contribution in [0, 0.1) is 0 Å². The molecule has 8 aromatic carbocycles. The Kier molecular flexibility index (Phi) is 5.74. The van der Waals surface area contributed by atoms with Crippen molar-refractivity contribution in [1.82, 2.24) is 18.9 Å². The van der Waals surface area contributed by atoms with Gasteiger partial charge in [-0.05, 0) is 53.2 Å². The van der Waals surface area contributed by atoms with Crippen LogP contribution in [-0.4, -0.2) is 18.9 Å². The van der Waals surface area contributed by atoms with E-state index in [0.717, 1.165) is 38.5 Å². The lowest BCUT2D eigenvalue weighted by Crippen LogP contribution is -1.96. The summed E-state index contributed by atoms with van der Waals surface area (Å²) in [6.07, 6.45) is 0. The summed E-state index contributed by atoms with van der Waals surface area (Å²) in [5.74, 6) is 0.743. The fraction of sp³-hybridized carbons (Fsp3) is 0. The van der Waals surface area contributed by atoms with E-state index in [0.29, 0.717) is 0 Å². The van der Waals surface area contributed by atoms with Gasteiger partial charge in [-0.15, -0.1) is 11.3 Å². The van der Waals surface area contributed by atoms with E-state index in [1.54, 1.807) is 11.3 Å². The number of para-hydroxylation sites is 2. The number of benzene rings is 8. The second-order valence-electron chi connectivity index (χ2n) is 14.5. The van der Waals surface area contributed by atoms with Crippen LogP contribution in [0.2, 0.25) is 0 Å². The van der Waals surface area contributed by atoms with E-state index in [4.69, 9.17) is 9.97 Å². The molecule has 5 heterocycles. The van der Waals surface area contributed by atoms with E-state index in [1.165, 1.54) is 80.8 Å². The average molecular weight is 717 g/mol. The molecular formula is C50H28N4S. The first kappa shape index (κ1) is 29.4. The first-order chi connectivity index (χ1) is 27.3. The van der Waals surface area contributed by atoms with Gasteiger partial charge in [0, 0.05) is 59.2 Å². The lowest BCUT2D eigenvalue weighted by molar-refractivity contribution is 1.18. The topological polar surface area (TPSA) is 35.1 Å². The molecule has 0 aliphatic carbocycles. The molecule has 13 aromatic rings. The van der Waals surface area contributed by atoms with Crippen LogP contribution in [0.5, 0.6) is 0 Å². The second-order valence-corrected chi connectivity index (χ2v) is 15.6. The first-order valence-corrected chi connectivity index (χ1v) is 19.5. The number of aromatic nitrogens is 4. The summed E-state index contributed by atoms with van der Waals surface area (Å²) in [5.41, 5.74) is 11.4. The molecule has 55 heavy (non-hydrogen) atoms. The molecule has 13 rings (SSSR count). The highest BCUT2D eigenvalue weighted by Crippen LogP contribution is 2.48. The van der Waals surface area contributed by atoms with Gasteiger partial charge in [-0.3, -0.25) is 0 Å². The van der Waals surface area contributed by atoms with Gasteiger partial charge in [-0.25, -0.2) is 9.97 Å². The number of hydrogen-bond acceptors (Lipinski definition) is 3.